The number of anilines is 4. The van der Waals surface area contributed by atoms with Gasteiger partial charge in [-0.15, -0.1) is 0 Å². The minimum Gasteiger partial charge on any atom is -0.365 e. The predicted molar refractivity (Wildman–Crippen MR) is 142 cm³/mol. The maximum atomic E-state index is 14.1. The van der Waals surface area contributed by atoms with Crippen LogP contribution in [0, 0.1) is 17.7 Å². The van der Waals surface area contributed by atoms with Crippen LogP contribution in [0.25, 0.3) is 0 Å². The summed E-state index contributed by atoms with van der Waals surface area (Å²) in [6.45, 7) is 0. The molecule has 0 spiro atoms. The molecule has 0 radical (unpaired) electrons. The molecule has 12 heteroatoms. The van der Waals surface area contributed by atoms with Crippen molar-refractivity contribution in [3.8, 4) is 0 Å². The fraction of sp³-hybridized carbons (Fsp3) is 0.320. The van der Waals surface area contributed by atoms with Gasteiger partial charge in [-0.25, -0.2) is 22.5 Å². The van der Waals surface area contributed by atoms with E-state index in [2.05, 4.69) is 41.3 Å². The summed E-state index contributed by atoms with van der Waals surface area (Å²) in [7, 11) is -3.62. The van der Waals surface area contributed by atoms with Crippen molar-refractivity contribution < 1.29 is 17.6 Å². The van der Waals surface area contributed by atoms with Crippen molar-refractivity contribution in [2.24, 2.45) is 17.6 Å². The molecule has 1 aromatic heterocycles. The molecule has 2 aromatic carbocycles. The van der Waals surface area contributed by atoms with Crippen LogP contribution in [-0.2, 0) is 10.0 Å². The van der Waals surface area contributed by atoms with Gasteiger partial charge in [0.25, 0.3) is 5.91 Å². The van der Waals surface area contributed by atoms with Gasteiger partial charge in [0, 0.05) is 17.9 Å². The van der Waals surface area contributed by atoms with Crippen LogP contribution in [0.15, 0.2) is 58.0 Å². The Bertz CT molecular complexity index is 1430. The average molecular weight is 589 g/mol. The van der Waals surface area contributed by atoms with Gasteiger partial charge in [-0.05, 0) is 77.0 Å². The highest BCUT2D eigenvalue weighted by Crippen LogP contribution is 2.44. The highest BCUT2D eigenvalue weighted by Gasteiger charge is 2.41. The second-order valence-electron chi connectivity index (χ2n) is 9.35. The summed E-state index contributed by atoms with van der Waals surface area (Å²) in [5, 5.41) is 5.92. The Morgan fingerprint density at radius 2 is 1.81 bits per heavy atom. The Labute approximate surface area is 222 Å². The topological polar surface area (TPSA) is 139 Å². The van der Waals surface area contributed by atoms with Gasteiger partial charge in [0.05, 0.1) is 20.6 Å². The molecule has 2 fully saturated rings. The number of primary amides is 1. The lowest BCUT2D eigenvalue weighted by atomic mass is 9.64. The number of aromatic nitrogens is 2. The number of nitrogens with one attached hydrogen (secondary N) is 3. The zero-order valence-electron chi connectivity index (χ0n) is 19.7. The first-order chi connectivity index (χ1) is 17.7. The largest absolute Gasteiger partial charge is 0.365 e. The molecule has 194 valence electrons. The molecule has 5 N–H and O–H groups in total. The molecule has 3 aromatic rings. The summed E-state index contributed by atoms with van der Waals surface area (Å²) in [4.78, 5) is 20.5. The average Bonchev–Trinajstić information content (AvgIpc) is 2.81. The Hall–Kier alpha value is -3.09. The lowest BCUT2D eigenvalue weighted by Crippen LogP contribution is -2.50. The zero-order valence-corrected chi connectivity index (χ0v) is 22.1. The first-order valence-electron chi connectivity index (χ1n) is 12.0. The minimum atomic E-state index is -3.62. The Morgan fingerprint density at radius 3 is 2.43 bits per heavy atom. The van der Waals surface area contributed by atoms with Crippen molar-refractivity contribution in [3.63, 3.8) is 0 Å². The molecule has 2 aliphatic carbocycles. The molecule has 2 atom stereocenters. The molecule has 9 nitrogen and oxygen atoms in total. The SMILES string of the molecule is NC(=O)c1c(F)cccc1Nc1nc(Nc2ccc(S(=O)(=O)NC3CCC3C3CCC3)cc2)ncc1Br. The molecule has 1 amide bonds. The Balaban J connectivity index is 1.28. The predicted octanol–water partition coefficient (Wildman–Crippen LogP) is 4.82. The van der Waals surface area contributed by atoms with Crippen LogP contribution in [0.1, 0.15) is 42.5 Å². The van der Waals surface area contributed by atoms with Gasteiger partial charge in [-0.2, -0.15) is 4.98 Å². The number of amides is 1. The molecular formula is C25H26BrFN6O3S. The van der Waals surface area contributed by atoms with Crippen molar-refractivity contribution >= 4 is 55.0 Å². The molecule has 37 heavy (non-hydrogen) atoms. The maximum Gasteiger partial charge on any atom is 0.253 e. The van der Waals surface area contributed by atoms with Gasteiger partial charge >= 0.3 is 0 Å². The number of carbonyl (C=O) groups excluding carboxylic acids is 1. The van der Waals surface area contributed by atoms with Crippen LogP contribution >= 0.6 is 15.9 Å². The standard InChI is InChI=1S/C25H26BrFN6O3S/c26-18-13-29-25(32-24(18)31-21-6-2-5-19(27)22(21)23(28)34)30-15-7-9-16(10-8-15)37(35,36)33-20-12-11-17(20)14-3-1-4-14/h2,5-10,13-14,17,20,33H,1,3-4,11-12H2,(H2,28,34)(H2,29,30,31,32). The number of nitrogens with two attached hydrogens (primary N) is 1. The number of hydrogen-bond donors (Lipinski definition) is 4. The van der Waals surface area contributed by atoms with E-state index in [1.54, 1.807) is 12.1 Å². The number of hydrogen-bond acceptors (Lipinski definition) is 7. The normalized spacial score (nSPS) is 19.5. The molecular weight excluding hydrogens is 563 g/mol. The van der Waals surface area contributed by atoms with E-state index in [1.165, 1.54) is 49.7 Å². The Morgan fingerprint density at radius 1 is 1.05 bits per heavy atom. The van der Waals surface area contributed by atoms with Gasteiger partial charge < -0.3 is 16.4 Å². The van der Waals surface area contributed by atoms with Crippen molar-refractivity contribution in [2.75, 3.05) is 10.6 Å². The van der Waals surface area contributed by atoms with Gasteiger partial charge in [-0.3, -0.25) is 4.79 Å². The van der Waals surface area contributed by atoms with E-state index in [-0.39, 0.29) is 34.0 Å². The van der Waals surface area contributed by atoms with Crippen LogP contribution in [0.5, 0.6) is 0 Å². The summed E-state index contributed by atoms with van der Waals surface area (Å²) in [5.41, 5.74) is 5.78. The number of halogens is 2. The smallest absolute Gasteiger partial charge is 0.253 e. The third-order valence-electron chi connectivity index (χ3n) is 7.07. The molecule has 0 saturated heterocycles. The van der Waals surface area contributed by atoms with Crippen molar-refractivity contribution in [1.29, 1.82) is 0 Å². The van der Waals surface area contributed by atoms with Crippen molar-refractivity contribution in [2.45, 2.75) is 43.0 Å². The van der Waals surface area contributed by atoms with Crippen LogP contribution in [-0.4, -0.2) is 30.3 Å². The molecule has 2 saturated carbocycles. The number of carbonyl (C=O) groups is 1. The number of nitrogens with zero attached hydrogens (tertiary/aromatic N) is 2. The van der Waals surface area contributed by atoms with E-state index in [0.717, 1.165) is 18.9 Å². The van der Waals surface area contributed by atoms with Gasteiger partial charge in [0.2, 0.25) is 16.0 Å². The second-order valence-corrected chi connectivity index (χ2v) is 11.9. The summed E-state index contributed by atoms with van der Waals surface area (Å²) < 4.78 is 43.3. The van der Waals surface area contributed by atoms with Crippen LogP contribution in [0.2, 0.25) is 0 Å². The minimum absolute atomic E-state index is 0.0170. The van der Waals surface area contributed by atoms with E-state index in [9.17, 15) is 17.6 Å². The van der Waals surface area contributed by atoms with Gasteiger partial charge in [-0.1, -0.05) is 25.3 Å². The molecule has 2 unspecified atom stereocenters. The Kier molecular flexibility index (Phi) is 7.15. The summed E-state index contributed by atoms with van der Waals surface area (Å²) in [6, 6.07) is 10.5. The molecule has 5 rings (SSSR count). The zero-order chi connectivity index (χ0) is 26.2. The molecule has 0 aliphatic heterocycles. The highest BCUT2D eigenvalue weighted by molar-refractivity contribution is 9.10. The molecule has 1 heterocycles. The third kappa shape index (κ3) is 5.46. The van der Waals surface area contributed by atoms with E-state index in [4.69, 9.17) is 5.73 Å². The second kappa shape index (κ2) is 10.3. The fourth-order valence-corrected chi connectivity index (χ4v) is 6.35. The van der Waals surface area contributed by atoms with E-state index >= 15 is 0 Å². The summed E-state index contributed by atoms with van der Waals surface area (Å²) in [6.07, 6.45) is 7.11. The maximum absolute atomic E-state index is 14.1. The summed E-state index contributed by atoms with van der Waals surface area (Å²) >= 11 is 3.34. The molecule has 2 aliphatic rings. The van der Waals surface area contributed by atoms with E-state index < -0.39 is 21.7 Å². The fourth-order valence-electron chi connectivity index (χ4n) is 4.74. The highest BCUT2D eigenvalue weighted by atomic mass is 79.9. The van der Waals surface area contributed by atoms with Gasteiger partial charge in [0.15, 0.2) is 0 Å². The van der Waals surface area contributed by atoms with Crippen molar-refractivity contribution in [1.82, 2.24) is 14.7 Å². The quantitative estimate of drug-likeness (QED) is 0.281. The third-order valence-corrected chi connectivity index (χ3v) is 9.15. The molecule has 0 bridgehead atoms. The van der Waals surface area contributed by atoms with E-state index in [0.29, 0.717) is 22.0 Å². The van der Waals surface area contributed by atoms with E-state index in [1.807, 2.05) is 0 Å². The first-order valence-corrected chi connectivity index (χ1v) is 14.3. The number of benzene rings is 2. The summed E-state index contributed by atoms with van der Waals surface area (Å²) in [5.74, 6) is -0.0781. The van der Waals surface area contributed by atoms with Crippen molar-refractivity contribution in [3.05, 3.63) is 64.5 Å². The van der Waals surface area contributed by atoms with Gasteiger partial charge in [0.1, 0.15) is 11.6 Å². The van der Waals surface area contributed by atoms with Crippen LogP contribution < -0.4 is 21.1 Å². The number of sulfonamides is 1. The van der Waals surface area contributed by atoms with Crippen LogP contribution in [0.3, 0.4) is 0 Å². The lowest BCUT2D eigenvalue weighted by molar-refractivity contribution is 0.0946. The van der Waals surface area contributed by atoms with Crippen LogP contribution in [0.4, 0.5) is 27.5 Å². The monoisotopic (exact) mass is 588 g/mol. The first kappa shape index (κ1) is 25.6. The number of rotatable bonds is 9. The lowest BCUT2D eigenvalue weighted by Gasteiger charge is -2.45.